The van der Waals surface area contributed by atoms with Crippen LogP contribution in [0.1, 0.15) is 0 Å². The number of pyridine rings is 1. The van der Waals surface area contributed by atoms with Crippen LogP contribution in [0.3, 0.4) is 0 Å². The molecule has 0 saturated heterocycles. The molecule has 0 radical (unpaired) electrons. The molecule has 0 aliphatic rings. The first-order chi connectivity index (χ1) is 14.1. The summed E-state index contributed by atoms with van der Waals surface area (Å²) in [4.78, 5) is 28.1. The van der Waals surface area contributed by atoms with Gasteiger partial charge < -0.3 is 20.7 Å². The number of halogens is 1. The van der Waals surface area contributed by atoms with Crippen molar-refractivity contribution in [3.63, 3.8) is 0 Å². The van der Waals surface area contributed by atoms with Crippen LogP contribution in [0, 0.1) is 0 Å². The summed E-state index contributed by atoms with van der Waals surface area (Å²) >= 11 is 6.16. The lowest BCUT2D eigenvalue weighted by molar-refractivity contribution is -0.118. The van der Waals surface area contributed by atoms with Crippen LogP contribution in [0.2, 0.25) is 5.02 Å². The lowest BCUT2D eigenvalue weighted by atomic mass is 10.2. The van der Waals surface area contributed by atoms with Gasteiger partial charge in [0.2, 0.25) is 0 Å². The number of aromatic nitrogens is 1. The first-order valence-electron chi connectivity index (χ1n) is 8.78. The molecule has 3 rings (SSSR count). The molecule has 0 saturated carbocycles. The molecule has 148 valence electrons. The second-order valence-corrected chi connectivity index (χ2v) is 6.39. The Kier molecular flexibility index (Phi) is 6.65. The molecule has 7 nitrogen and oxygen atoms in total. The van der Waals surface area contributed by atoms with Gasteiger partial charge in [-0.15, -0.1) is 6.58 Å². The minimum atomic E-state index is -0.334. The molecule has 29 heavy (non-hydrogen) atoms. The van der Waals surface area contributed by atoms with Gasteiger partial charge in [0, 0.05) is 29.5 Å². The minimum Gasteiger partial charge on any atom is -0.481 e. The van der Waals surface area contributed by atoms with Gasteiger partial charge in [-0.3, -0.25) is 9.78 Å². The molecule has 0 atom stereocenters. The minimum absolute atomic E-state index is 0.183. The number of nitrogens with zero attached hydrogens (tertiary/aromatic N) is 1. The Labute approximate surface area is 172 Å². The lowest BCUT2D eigenvalue weighted by Gasteiger charge is -2.11. The van der Waals surface area contributed by atoms with Crippen molar-refractivity contribution in [1.82, 2.24) is 10.3 Å². The zero-order valence-electron chi connectivity index (χ0n) is 15.4. The highest BCUT2D eigenvalue weighted by Crippen LogP contribution is 2.29. The fourth-order valence-corrected chi connectivity index (χ4v) is 2.76. The number of ether oxygens (including phenoxy) is 1. The van der Waals surface area contributed by atoms with Crippen molar-refractivity contribution in [2.75, 3.05) is 23.8 Å². The molecule has 0 aliphatic carbocycles. The van der Waals surface area contributed by atoms with Crippen LogP contribution in [-0.4, -0.2) is 30.1 Å². The molecular weight excluding hydrogens is 392 g/mol. The van der Waals surface area contributed by atoms with E-state index >= 15 is 0 Å². The number of urea groups is 1. The van der Waals surface area contributed by atoms with Gasteiger partial charge in [-0.1, -0.05) is 17.7 Å². The van der Waals surface area contributed by atoms with E-state index in [2.05, 4.69) is 27.5 Å². The fraction of sp³-hybridized carbons (Fsp3) is 0.0952. The highest BCUT2D eigenvalue weighted by Gasteiger charge is 2.09. The first-order valence-corrected chi connectivity index (χ1v) is 9.16. The summed E-state index contributed by atoms with van der Waals surface area (Å²) < 4.78 is 5.62. The number of hydrogen-bond acceptors (Lipinski definition) is 4. The summed E-state index contributed by atoms with van der Waals surface area (Å²) in [6, 6.07) is 13.4. The average Bonchev–Trinajstić information content (AvgIpc) is 2.73. The van der Waals surface area contributed by atoms with E-state index < -0.39 is 0 Å². The quantitative estimate of drug-likeness (QED) is 0.508. The van der Waals surface area contributed by atoms with Crippen molar-refractivity contribution in [3.8, 4) is 5.75 Å². The first kappa shape index (κ1) is 20.2. The molecule has 0 unspecified atom stereocenters. The Morgan fingerprint density at radius 2 is 1.79 bits per heavy atom. The number of amides is 3. The van der Waals surface area contributed by atoms with E-state index in [1.54, 1.807) is 54.7 Å². The van der Waals surface area contributed by atoms with Crippen LogP contribution in [0.25, 0.3) is 10.9 Å². The van der Waals surface area contributed by atoms with Crippen LogP contribution >= 0.6 is 11.6 Å². The van der Waals surface area contributed by atoms with Crippen LogP contribution in [0.4, 0.5) is 16.2 Å². The molecule has 3 N–H and O–H groups in total. The molecule has 1 heterocycles. The smallest absolute Gasteiger partial charge is 0.319 e. The van der Waals surface area contributed by atoms with E-state index in [1.807, 2.05) is 6.07 Å². The summed E-state index contributed by atoms with van der Waals surface area (Å²) in [5.74, 6) is 0.152. The van der Waals surface area contributed by atoms with E-state index in [0.717, 1.165) is 5.39 Å². The van der Waals surface area contributed by atoms with E-state index in [1.165, 1.54) is 0 Å². The summed E-state index contributed by atoms with van der Waals surface area (Å²) in [7, 11) is 0. The maximum Gasteiger partial charge on any atom is 0.319 e. The van der Waals surface area contributed by atoms with E-state index in [-0.39, 0.29) is 18.5 Å². The van der Waals surface area contributed by atoms with Gasteiger partial charge in [-0.05, 0) is 48.5 Å². The second-order valence-electron chi connectivity index (χ2n) is 5.98. The van der Waals surface area contributed by atoms with Crippen molar-refractivity contribution in [2.24, 2.45) is 0 Å². The van der Waals surface area contributed by atoms with Crippen molar-refractivity contribution in [2.45, 2.75) is 0 Å². The highest BCUT2D eigenvalue weighted by molar-refractivity contribution is 6.35. The normalized spacial score (nSPS) is 10.2. The number of carbonyl (C=O) groups is 2. The Balaban J connectivity index is 1.55. The molecule has 1 aromatic heterocycles. The number of benzene rings is 2. The van der Waals surface area contributed by atoms with Crippen molar-refractivity contribution < 1.29 is 14.3 Å². The van der Waals surface area contributed by atoms with Gasteiger partial charge in [-0.2, -0.15) is 0 Å². The number of carbonyl (C=O) groups excluding carboxylic acids is 2. The largest absolute Gasteiger partial charge is 0.481 e. The van der Waals surface area contributed by atoms with Crippen molar-refractivity contribution >= 4 is 45.8 Å². The molecule has 0 aliphatic heterocycles. The number of fused-ring (bicyclic) bond motifs is 1. The van der Waals surface area contributed by atoms with E-state index in [0.29, 0.717) is 34.2 Å². The maximum absolute atomic E-state index is 12.2. The molecular formula is C21H19ClN4O3. The molecule has 0 bridgehead atoms. The standard InChI is InChI=1S/C21H19ClN4O3/c1-2-11-24-21(28)26-15-7-5-14(6-8-15)25-19(27)13-29-18-10-9-17(22)16-4-3-12-23-20(16)18/h2-10,12H,1,11,13H2,(H,25,27)(H2,24,26,28). The molecule has 3 amide bonds. The Hall–Kier alpha value is -3.58. The highest BCUT2D eigenvalue weighted by atomic mass is 35.5. The summed E-state index contributed by atoms with van der Waals surface area (Å²) in [5.41, 5.74) is 1.77. The van der Waals surface area contributed by atoms with Gasteiger partial charge in [0.05, 0.1) is 5.02 Å². The van der Waals surface area contributed by atoms with Gasteiger partial charge in [0.15, 0.2) is 6.61 Å². The van der Waals surface area contributed by atoms with Crippen LogP contribution in [-0.2, 0) is 4.79 Å². The van der Waals surface area contributed by atoms with Crippen molar-refractivity contribution in [3.05, 3.63) is 72.4 Å². The second kappa shape index (κ2) is 9.57. The predicted octanol–water partition coefficient (Wildman–Crippen LogP) is 4.21. The summed E-state index contributed by atoms with van der Waals surface area (Å²) in [5, 5.41) is 9.34. The van der Waals surface area contributed by atoms with E-state index in [9.17, 15) is 9.59 Å². The van der Waals surface area contributed by atoms with Crippen LogP contribution < -0.4 is 20.7 Å². The Morgan fingerprint density at radius 3 is 2.52 bits per heavy atom. The van der Waals surface area contributed by atoms with Crippen LogP contribution in [0.15, 0.2) is 67.4 Å². The molecule has 0 fully saturated rings. The number of nitrogens with one attached hydrogen (secondary N) is 3. The van der Waals surface area contributed by atoms with Gasteiger partial charge >= 0.3 is 6.03 Å². The number of anilines is 2. The molecule has 0 spiro atoms. The third kappa shape index (κ3) is 5.46. The summed E-state index contributed by atoms with van der Waals surface area (Å²) in [6.45, 7) is 3.72. The number of hydrogen-bond donors (Lipinski definition) is 3. The third-order valence-electron chi connectivity index (χ3n) is 3.87. The maximum atomic E-state index is 12.2. The zero-order chi connectivity index (χ0) is 20.6. The molecule has 8 heteroatoms. The number of rotatable bonds is 7. The van der Waals surface area contributed by atoms with Crippen molar-refractivity contribution in [1.29, 1.82) is 0 Å². The lowest BCUT2D eigenvalue weighted by Crippen LogP contribution is -2.28. The zero-order valence-corrected chi connectivity index (χ0v) is 16.2. The van der Waals surface area contributed by atoms with Gasteiger partial charge in [0.1, 0.15) is 11.3 Å². The molecule has 2 aromatic carbocycles. The van der Waals surface area contributed by atoms with Gasteiger partial charge in [0.25, 0.3) is 5.91 Å². The van der Waals surface area contributed by atoms with Gasteiger partial charge in [-0.25, -0.2) is 4.79 Å². The molecule has 3 aromatic rings. The third-order valence-corrected chi connectivity index (χ3v) is 4.20. The topological polar surface area (TPSA) is 92.4 Å². The fourth-order valence-electron chi connectivity index (χ4n) is 2.55. The SMILES string of the molecule is C=CCNC(=O)Nc1ccc(NC(=O)COc2ccc(Cl)c3cccnc23)cc1. The Morgan fingerprint density at radius 1 is 1.07 bits per heavy atom. The summed E-state index contributed by atoms with van der Waals surface area (Å²) in [6.07, 6.45) is 3.22. The average molecular weight is 411 g/mol. The van der Waals surface area contributed by atoms with Crippen LogP contribution in [0.5, 0.6) is 5.75 Å². The predicted molar refractivity (Wildman–Crippen MR) is 115 cm³/mol. The van der Waals surface area contributed by atoms with E-state index in [4.69, 9.17) is 16.3 Å². The monoisotopic (exact) mass is 410 g/mol. The Bertz CT molecular complexity index is 1040.